The molecule has 2 rings (SSSR count). The van der Waals surface area contributed by atoms with Crippen LogP contribution in [0.25, 0.3) is 0 Å². The molecule has 1 N–H and O–H groups in total. The molecule has 128 valence electrons. The smallest absolute Gasteiger partial charge is 0.327 e. The van der Waals surface area contributed by atoms with Crippen molar-refractivity contribution < 1.29 is 9.53 Å². The van der Waals surface area contributed by atoms with Crippen molar-refractivity contribution in [3.05, 3.63) is 35.9 Å². The van der Waals surface area contributed by atoms with Gasteiger partial charge in [0.05, 0.1) is 6.61 Å². The number of likely N-dealkylation sites (tertiary alicyclic amines) is 1. The number of hydrogen-bond donors (Lipinski definition) is 1. The lowest BCUT2D eigenvalue weighted by Gasteiger charge is -2.21. The average Bonchev–Trinajstić information content (AvgIpc) is 3.05. The Hall–Kier alpha value is -1.39. The van der Waals surface area contributed by atoms with E-state index < -0.39 is 0 Å². The van der Waals surface area contributed by atoms with Gasteiger partial charge in [0, 0.05) is 13.1 Å². The molecule has 0 spiro atoms. The maximum Gasteiger partial charge on any atom is 0.327 e. The quantitative estimate of drug-likeness (QED) is 0.711. The second-order valence-electron chi connectivity index (χ2n) is 6.70. The van der Waals surface area contributed by atoms with Crippen molar-refractivity contribution in [2.45, 2.75) is 39.2 Å². The van der Waals surface area contributed by atoms with E-state index >= 15 is 0 Å². The van der Waals surface area contributed by atoms with Crippen LogP contribution >= 0.6 is 0 Å². The van der Waals surface area contributed by atoms with Crippen LogP contribution in [0.5, 0.6) is 0 Å². The molecule has 1 aromatic carbocycles. The molecule has 1 aliphatic rings. The van der Waals surface area contributed by atoms with E-state index in [1.165, 1.54) is 25.9 Å². The lowest BCUT2D eigenvalue weighted by atomic mass is 10.1. The molecule has 1 saturated heterocycles. The van der Waals surface area contributed by atoms with Gasteiger partial charge in [-0.15, -0.1) is 0 Å². The van der Waals surface area contributed by atoms with Crippen LogP contribution in [0.1, 0.15) is 44.7 Å². The Balaban J connectivity index is 1.87. The molecule has 1 unspecified atom stereocenters. The molecule has 4 heteroatoms. The van der Waals surface area contributed by atoms with Crippen LogP contribution in [-0.4, -0.2) is 43.7 Å². The molecule has 1 aromatic rings. The molecule has 0 aromatic heterocycles. The van der Waals surface area contributed by atoms with Gasteiger partial charge in [-0.3, -0.25) is 5.32 Å². The highest BCUT2D eigenvalue weighted by Gasteiger charge is 2.22. The minimum Gasteiger partial charge on any atom is -0.464 e. The second kappa shape index (κ2) is 9.68. The summed E-state index contributed by atoms with van der Waals surface area (Å²) < 4.78 is 5.48. The van der Waals surface area contributed by atoms with E-state index in [4.69, 9.17) is 4.74 Å². The Bertz CT molecular complexity index is 456. The summed E-state index contributed by atoms with van der Waals surface area (Å²) >= 11 is 0. The fourth-order valence-electron chi connectivity index (χ4n) is 2.83. The van der Waals surface area contributed by atoms with Gasteiger partial charge >= 0.3 is 5.97 Å². The van der Waals surface area contributed by atoms with E-state index in [-0.39, 0.29) is 12.0 Å². The van der Waals surface area contributed by atoms with Gasteiger partial charge in [0.1, 0.15) is 6.04 Å². The molecule has 1 heterocycles. The summed E-state index contributed by atoms with van der Waals surface area (Å²) in [5, 5.41) is 3.38. The van der Waals surface area contributed by atoms with Gasteiger partial charge in [0.15, 0.2) is 0 Å². The Morgan fingerprint density at radius 3 is 2.57 bits per heavy atom. The number of nitrogens with one attached hydrogen (secondary N) is 1. The first-order valence-electron chi connectivity index (χ1n) is 8.84. The predicted octanol–water partition coefficient (Wildman–Crippen LogP) is 3.00. The summed E-state index contributed by atoms with van der Waals surface area (Å²) in [5.74, 6) is 0.374. The van der Waals surface area contributed by atoms with Crippen molar-refractivity contribution in [2.75, 3.05) is 32.8 Å². The normalized spacial score (nSPS) is 16.7. The molecule has 4 nitrogen and oxygen atoms in total. The van der Waals surface area contributed by atoms with Crippen molar-refractivity contribution >= 4 is 5.97 Å². The molecule has 0 saturated carbocycles. The van der Waals surface area contributed by atoms with Crippen molar-refractivity contribution in [2.24, 2.45) is 5.92 Å². The summed E-state index contributed by atoms with van der Waals surface area (Å²) in [5.41, 5.74) is 0.975. The number of carbonyl (C=O) groups excluding carboxylic acids is 1. The van der Waals surface area contributed by atoms with Gasteiger partial charge in [-0.1, -0.05) is 44.2 Å². The van der Waals surface area contributed by atoms with Crippen molar-refractivity contribution in [1.82, 2.24) is 10.2 Å². The third-order valence-corrected chi connectivity index (χ3v) is 4.28. The first-order valence-corrected chi connectivity index (χ1v) is 8.84. The van der Waals surface area contributed by atoms with Crippen molar-refractivity contribution in [3.8, 4) is 0 Å². The fourth-order valence-corrected chi connectivity index (χ4v) is 2.83. The maximum atomic E-state index is 12.5. The van der Waals surface area contributed by atoms with Crippen molar-refractivity contribution in [1.29, 1.82) is 0 Å². The molecule has 1 fully saturated rings. The molecule has 23 heavy (non-hydrogen) atoms. The Kier molecular flexibility index (Phi) is 7.56. The molecule has 1 aliphatic heterocycles. The highest BCUT2D eigenvalue weighted by atomic mass is 16.5. The van der Waals surface area contributed by atoms with E-state index in [9.17, 15) is 4.79 Å². The molecule has 0 amide bonds. The maximum absolute atomic E-state index is 12.5. The number of esters is 1. The zero-order valence-corrected chi connectivity index (χ0v) is 14.5. The van der Waals surface area contributed by atoms with Crippen LogP contribution in [0.2, 0.25) is 0 Å². The third kappa shape index (κ3) is 6.32. The van der Waals surface area contributed by atoms with E-state index in [2.05, 4.69) is 24.1 Å². The van der Waals surface area contributed by atoms with Gasteiger partial charge in [-0.05, 0) is 43.8 Å². The largest absolute Gasteiger partial charge is 0.464 e. The van der Waals surface area contributed by atoms with E-state index in [0.717, 1.165) is 25.1 Å². The number of carbonyl (C=O) groups is 1. The lowest BCUT2D eigenvalue weighted by Crippen LogP contribution is -2.36. The standard InChI is InChI=1S/C19H30N2O2/c1-16(2)10-15-23-19(22)18(17-8-4-3-5-9-17)20-11-14-21-12-6-7-13-21/h3-5,8-9,16,18,20H,6-7,10-15H2,1-2H3. The monoisotopic (exact) mass is 318 g/mol. The van der Waals surface area contributed by atoms with Gasteiger partial charge in [0.2, 0.25) is 0 Å². The van der Waals surface area contributed by atoms with E-state index in [1.54, 1.807) is 0 Å². The Labute approximate surface area is 140 Å². The molecule has 0 bridgehead atoms. The van der Waals surface area contributed by atoms with Gasteiger partial charge in [-0.25, -0.2) is 4.79 Å². The third-order valence-electron chi connectivity index (χ3n) is 4.28. The highest BCUT2D eigenvalue weighted by molar-refractivity contribution is 5.77. The number of nitrogens with zero attached hydrogens (tertiary/aromatic N) is 1. The summed E-state index contributed by atoms with van der Waals surface area (Å²) in [4.78, 5) is 14.9. The highest BCUT2D eigenvalue weighted by Crippen LogP contribution is 2.15. The minimum absolute atomic E-state index is 0.168. The SMILES string of the molecule is CC(C)CCOC(=O)C(NCCN1CCCC1)c1ccccc1. The molecular weight excluding hydrogens is 288 g/mol. The molecule has 0 aliphatic carbocycles. The zero-order chi connectivity index (χ0) is 16.5. The molecular formula is C19H30N2O2. The number of rotatable bonds is 9. The second-order valence-corrected chi connectivity index (χ2v) is 6.70. The molecule has 0 radical (unpaired) electrons. The van der Waals surface area contributed by atoms with Gasteiger partial charge in [-0.2, -0.15) is 0 Å². The predicted molar refractivity (Wildman–Crippen MR) is 93.3 cm³/mol. The zero-order valence-electron chi connectivity index (χ0n) is 14.5. The number of benzene rings is 1. The number of ether oxygens (including phenoxy) is 1. The summed E-state index contributed by atoms with van der Waals surface area (Å²) in [7, 11) is 0. The summed E-state index contributed by atoms with van der Waals surface area (Å²) in [6, 6.07) is 9.49. The lowest BCUT2D eigenvalue weighted by molar-refractivity contribution is -0.146. The van der Waals surface area contributed by atoms with Gasteiger partial charge in [0.25, 0.3) is 0 Å². The first-order chi connectivity index (χ1) is 11.2. The summed E-state index contributed by atoms with van der Waals surface area (Å²) in [6.07, 6.45) is 3.49. The van der Waals surface area contributed by atoms with Crippen LogP contribution in [-0.2, 0) is 9.53 Å². The van der Waals surface area contributed by atoms with E-state index in [0.29, 0.717) is 12.5 Å². The van der Waals surface area contributed by atoms with Gasteiger partial charge < -0.3 is 9.64 Å². The Morgan fingerprint density at radius 2 is 1.91 bits per heavy atom. The van der Waals surface area contributed by atoms with E-state index in [1.807, 2.05) is 30.3 Å². The van der Waals surface area contributed by atoms with Crippen molar-refractivity contribution in [3.63, 3.8) is 0 Å². The van der Waals surface area contributed by atoms with Crippen LogP contribution in [0.3, 0.4) is 0 Å². The minimum atomic E-state index is -0.369. The first kappa shape index (κ1) is 18.0. The van der Waals surface area contributed by atoms with Crippen LogP contribution < -0.4 is 5.32 Å². The topological polar surface area (TPSA) is 41.6 Å². The van der Waals surface area contributed by atoms with Crippen LogP contribution in [0, 0.1) is 5.92 Å². The molecule has 1 atom stereocenters. The average molecular weight is 318 g/mol. The van der Waals surface area contributed by atoms with Crippen LogP contribution in [0.4, 0.5) is 0 Å². The van der Waals surface area contributed by atoms with Crippen LogP contribution in [0.15, 0.2) is 30.3 Å². The number of hydrogen-bond acceptors (Lipinski definition) is 4. The Morgan fingerprint density at radius 1 is 1.22 bits per heavy atom. The summed E-state index contributed by atoms with van der Waals surface area (Å²) in [6.45, 7) is 8.91. The fraction of sp³-hybridized carbons (Fsp3) is 0.632.